The van der Waals surface area contributed by atoms with E-state index in [-0.39, 0.29) is 30.1 Å². The van der Waals surface area contributed by atoms with Crippen molar-refractivity contribution in [3.8, 4) is 5.75 Å². The van der Waals surface area contributed by atoms with Gasteiger partial charge >= 0.3 is 0 Å². The number of carbonyl (C=O) groups is 1. The van der Waals surface area contributed by atoms with Crippen LogP contribution >= 0.6 is 0 Å². The summed E-state index contributed by atoms with van der Waals surface area (Å²) in [4.78, 5) is 14.5. The number of benzene rings is 3. The molecular weight excluding hydrogens is 467 g/mol. The van der Waals surface area contributed by atoms with Crippen molar-refractivity contribution >= 4 is 5.91 Å². The lowest BCUT2D eigenvalue weighted by Crippen LogP contribution is -2.36. The van der Waals surface area contributed by atoms with Crippen LogP contribution in [0.5, 0.6) is 5.75 Å². The molecule has 4 aromatic rings. The van der Waals surface area contributed by atoms with Gasteiger partial charge in [0.25, 0.3) is 5.91 Å². The molecule has 0 bridgehead atoms. The molecule has 1 N–H and O–H groups in total. The van der Waals surface area contributed by atoms with Crippen LogP contribution < -0.4 is 10.1 Å². The van der Waals surface area contributed by atoms with Crippen LogP contribution in [0.3, 0.4) is 0 Å². The lowest BCUT2D eigenvalue weighted by molar-refractivity contribution is 0.0922. The third kappa shape index (κ3) is 5.75. The third-order valence-electron chi connectivity index (χ3n) is 6.69. The van der Waals surface area contributed by atoms with Crippen molar-refractivity contribution in [1.29, 1.82) is 0 Å². The number of nitrogens with one attached hydrogen (secondary N) is 1. The third-order valence-corrected chi connectivity index (χ3v) is 6.69. The first-order chi connectivity index (χ1) is 18.1. The second-order valence-electron chi connectivity index (χ2n) is 9.30. The molecule has 0 aliphatic carbocycles. The fraction of sp³-hybridized carbons (Fsp3) is 0.258. The van der Waals surface area contributed by atoms with Crippen LogP contribution in [0, 0.1) is 5.82 Å². The first kappa shape index (κ1) is 24.8. The number of rotatable bonds is 9. The smallest absolute Gasteiger partial charge is 0.286 e. The van der Waals surface area contributed by atoms with E-state index >= 15 is 0 Å². The van der Waals surface area contributed by atoms with Gasteiger partial charge in [-0.25, -0.2) is 4.39 Å². The number of hydrogen-bond acceptors (Lipinski definition) is 4. The molecule has 0 fully saturated rings. The Morgan fingerprint density at radius 3 is 2.68 bits per heavy atom. The van der Waals surface area contributed by atoms with Crippen LogP contribution in [-0.4, -0.2) is 23.9 Å². The summed E-state index contributed by atoms with van der Waals surface area (Å²) >= 11 is 0. The second-order valence-corrected chi connectivity index (χ2v) is 9.30. The molecule has 1 aliphatic rings. The topological polar surface area (TPSA) is 54.7 Å². The zero-order valence-corrected chi connectivity index (χ0v) is 21.0. The van der Waals surface area contributed by atoms with Gasteiger partial charge in [-0.3, -0.25) is 9.69 Å². The zero-order chi connectivity index (χ0) is 25.6. The maximum Gasteiger partial charge on any atom is 0.286 e. The van der Waals surface area contributed by atoms with Gasteiger partial charge < -0.3 is 14.5 Å². The minimum atomic E-state index is -0.220. The van der Waals surface area contributed by atoms with Gasteiger partial charge in [-0.15, -0.1) is 0 Å². The number of furan rings is 1. The van der Waals surface area contributed by atoms with Gasteiger partial charge in [-0.1, -0.05) is 61.5 Å². The minimum absolute atomic E-state index is 0.0226. The molecule has 1 atom stereocenters. The first-order valence-electron chi connectivity index (χ1n) is 12.8. The lowest BCUT2D eigenvalue weighted by Gasteiger charge is -2.38. The summed E-state index contributed by atoms with van der Waals surface area (Å²) in [5.74, 6) is 1.19. The van der Waals surface area contributed by atoms with E-state index in [1.807, 2.05) is 43.3 Å². The Balaban J connectivity index is 1.37. The zero-order valence-electron chi connectivity index (χ0n) is 21.0. The first-order valence-corrected chi connectivity index (χ1v) is 12.8. The molecule has 190 valence electrons. The Bertz CT molecular complexity index is 1350. The van der Waals surface area contributed by atoms with E-state index in [1.165, 1.54) is 11.6 Å². The molecule has 6 heteroatoms. The highest BCUT2D eigenvalue weighted by Gasteiger charge is 2.29. The summed E-state index contributed by atoms with van der Waals surface area (Å²) in [6, 6.07) is 26.9. The Labute approximate surface area is 216 Å². The standard InChI is InChI=1S/C31H31FN2O3/c1-2-17-33-31(35)29-15-14-26(37-29)21-36-25-13-12-22-16-18-34(20-24-10-6-7-11-28(24)32)30(27(22)19-25)23-8-4-3-5-9-23/h3-15,19,30H,2,16-18,20-21H2,1H3,(H,33,35). The summed E-state index contributed by atoms with van der Waals surface area (Å²) in [6.45, 7) is 4.18. The summed E-state index contributed by atoms with van der Waals surface area (Å²) in [6.07, 6.45) is 1.74. The van der Waals surface area contributed by atoms with E-state index < -0.39 is 0 Å². The minimum Gasteiger partial charge on any atom is -0.486 e. The predicted octanol–water partition coefficient (Wildman–Crippen LogP) is 6.29. The van der Waals surface area contributed by atoms with Crippen LogP contribution in [-0.2, 0) is 19.6 Å². The number of nitrogens with zero attached hydrogens (tertiary/aromatic N) is 1. The van der Waals surface area contributed by atoms with Crippen molar-refractivity contribution in [1.82, 2.24) is 10.2 Å². The molecule has 0 spiro atoms. The van der Waals surface area contributed by atoms with E-state index in [9.17, 15) is 9.18 Å². The van der Waals surface area contributed by atoms with E-state index in [2.05, 4.69) is 34.5 Å². The van der Waals surface area contributed by atoms with Crippen molar-refractivity contribution in [3.63, 3.8) is 0 Å². The number of ether oxygens (including phenoxy) is 1. The SMILES string of the molecule is CCCNC(=O)c1ccc(COc2ccc3c(c2)C(c2ccccc2)N(Cc2ccccc2F)CC3)o1. The molecule has 5 nitrogen and oxygen atoms in total. The predicted molar refractivity (Wildman–Crippen MR) is 141 cm³/mol. The van der Waals surface area contributed by atoms with Crippen LogP contribution in [0.15, 0.2) is 89.3 Å². The van der Waals surface area contributed by atoms with Gasteiger partial charge in [0.15, 0.2) is 5.76 Å². The summed E-state index contributed by atoms with van der Waals surface area (Å²) in [5, 5.41) is 2.81. The number of hydrogen-bond donors (Lipinski definition) is 1. The molecule has 1 unspecified atom stereocenters. The fourth-order valence-corrected chi connectivity index (χ4v) is 4.83. The maximum atomic E-state index is 14.5. The van der Waals surface area contributed by atoms with E-state index in [0.717, 1.165) is 36.3 Å². The van der Waals surface area contributed by atoms with Crippen LogP contribution in [0.4, 0.5) is 4.39 Å². The Kier molecular flexibility index (Phi) is 7.66. The van der Waals surface area contributed by atoms with E-state index in [4.69, 9.17) is 9.15 Å². The van der Waals surface area contributed by atoms with E-state index in [1.54, 1.807) is 18.2 Å². The Hall–Kier alpha value is -3.90. The lowest BCUT2D eigenvalue weighted by atomic mass is 9.87. The van der Waals surface area contributed by atoms with Crippen molar-refractivity contribution in [3.05, 3.63) is 125 Å². The van der Waals surface area contributed by atoms with Crippen molar-refractivity contribution < 1.29 is 18.3 Å². The molecule has 0 saturated heterocycles. The molecule has 5 rings (SSSR count). The van der Waals surface area contributed by atoms with Crippen LogP contribution in [0.2, 0.25) is 0 Å². The largest absolute Gasteiger partial charge is 0.486 e. The van der Waals surface area contributed by atoms with E-state index in [0.29, 0.717) is 24.4 Å². The molecule has 37 heavy (non-hydrogen) atoms. The average molecular weight is 499 g/mol. The quantitative estimate of drug-likeness (QED) is 0.295. The normalized spacial score (nSPS) is 15.2. The highest BCUT2D eigenvalue weighted by Crippen LogP contribution is 2.38. The number of fused-ring (bicyclic) bond motifs is 1. The molecule has 1 amide bonds. The number of amides is 1. The van der Waals surface area contributed by atoms with Gasteiger partial charge in [-0.2, -0.15) is 0 Å². The van der Waals surface area contributed by atoms with Gasteiger partial charge in [0, 0.05) is 25.2 Å². The molecule has 2 heterocycles. The average Bonchev–Trinajstić information content (AvgIpc) is 3.41. The number of carbonyl (C=O) groups excluding carboxylic acids is 1. The second kappa shape index (κ2) is 11.4. The molecule has 3 aromatic carbocycles. The summed E-state index contributed by atoms with van der Waals surface area (Å²) < 4.78 is 26.3. The molecule has 1 aromatic heterocycles. The van der Waals surface area contributed by atoms with Crippen molar-refractivity contribution in [2.45, 2.75) is 39.0 Å². The molecular formula is C31H31FN2O3. The van der Waals surface area contributed by atoms with Gasteiger partial charge in [0.05, 0.1) is 6.04 Å². The molecule has 1 aliphatic heterocycles. The van der Waals surface area contributed by atoms with Gasteiger partial charge in [-0.05, 0) is 59.9 Å². The van der Waals surface area contributed by atoms with Crippen molar-refractivity contribution in [2.75, 3.05) is 13.1 Å². The van der Waals surface area contributed by atoms with Crippen LogP contribution in [0.1, 0.15) is 58.0 Å². The Morgan fingerprint density at radius 2 is 1.86 bits per heavy atom. The molecule has 0 saturated carbocycles. The monoisotopic (exact) mass is 498 g/mol. The highest BCUT2D eigenvalue weighted by atomic mass is 19.1. The summed E-state index contributed by atoms with van der Waals surface area (Å²) in [7, 11) is 0. The van der Waals surface area contributed by atoms with Gasteiger partial charge in [0.2, 0.25) is 0 Å². The van der Waals surface area contributed by atoms with Gasteiger partial charge in [0.1, 0.15) is 23.9 Å². The summed E-state index contributed by atoms with van der Waals surface area (Å²) in [5.41, 5.74) is 4.27. The molecule has 0 radical (unpaired) electrons. The Morgan fingerprint density at radius 1 is 1.05 bits per heavy atom. The highest BCUT2D eigenvalue weighted by molar-refractivity contribution is 5.91. The van der Waals surface area contributed by atoms with Crippen LogP contribution in [0.25, 0.3) is 0 Å². The fourth-order valence-electron chi connectivity index (χ4n) is 4.83. The maximum absolute atomic E-state index is 14.5. The van der Waals surface area contributed by atoms with Crippen molar-refractivity contribution in [2.24, 2.45) is 0 Å². The number of halogens is 1.